The third-order valence-corrected chi connectivity index (χ3v) is 9.19. The van der Waals surface area contributed by atoms with E-state index in [1.165, 1.54) is 11.8 Å². The van der Waals surface area contributed by atoms with Crippen LogP contribution in [-0.4, -0.2) is 60.2 Å². The van der Waals surface area contributed by atoms with Crippen molar-refractivity contribution in [1.82, 2.24) is 25.8 Å². The van der Waals surface area contributed by atoms with E-state index >= 15 is 0 Å². The lowest BCUT2D eigenvalue weighted by molar-refractivity contribution is -0.120. The molecule has 0 bridgehead atoms. The van der Waals surface area contributed by atoms with Crippen molar-refractivity contribution in [3.8, 4) is 0 Å². The number of carbonyl (C=O) groups is 2. The maximum atomic E-state index is 12.6. The van der Waals surface area contributed by atoms with Gasteiger partial charge in [0.05, 0.1) is 28.0 Å². The van der Waals surface area contributed by atoms with Gasteiger partial charge in [-0.25, -0.2) is 4.98 Å². The van der Waals surface area contributed by atoms with Gasteiger partial charge in [-0.2, -0.15) is 0 Å². The zero-order valence-corrected chi connectivity index (χ0v) is 30.5. The fourth-order valence-corrected chi connectivity index (χ4v) is 6.48. The van der Waals surface area contributed by atoms with Crippen LogP contribution in [0, 0.1) is 0 Å². The molecule has 0 unspecified atom stereocenters. The van der Waals surface area contributed by atoms with Gasteiger partial charge in [-0.1, -0.05) is 88.6 Å². The molecule has 1 saturated heterocycles. The highest BCUT2D eigenvalue weighted by atomic mass is 35.5. The number of nitrogens with one attached hydrogen (secondary N) is 3. The molecule has 3 N–H and O–H groups in total. The average Bonchev–Trinajstić information content (AvgIpc) is 3.40. The van der Waals surface area contributed by atoms with E-state index in [0.717, 1.165) is 78.6 Å². The highest BCUT2D eigenvalue weighted by Crippen LogP contribution is 2.29. The molecule has 2 heterocycles. The van der Waals surface area contributed by atoms with Gasteiger partial charge in [0.2, 0.25) is 11.8 Å². The first-order valence-electron chi connectivity index (χ1n) is 15.8. The van der Waals surface area contributed by atoms with Gasteiger partial charge in [0.15, 0.2) is 4.34 Å². The second-order valence-electron chi connectivity index (χ2n) is 9.45. The zero-order chi connectivity index (χ0) is 32.9. The summed E-state index contributed by atoms with van der Waals surface area (Å²) in [5, 5.41) is 12.2. The monoisotopic (exact) mass is 683 g/mol. The van der Waals surface area contributed by atoms with Gasteiger partial charge < -0.3 is 16.0 Å². The number of hydrogen-bond donors (Lipinski definition) is 3. The Balaban J connectivity index is 0.00000152. The molecule has 1 fully saturated rings. The number of aromatic nitrogens is 1. The standard InChI is InChI=1S/C27H33Cl2N5O2S2.3C2H6/c1-30-14-25(35)32-21-5-3-2-4-19(13-21)24-16-37-27(33-24)38-17-26(36)31-20-8-10-34(11-9-20)15-18-6-7-22(28)23(29)12-18;3*1-2/h4,6-7,12-13,16,20,30H,2-3,5,8-11,14-15,17H2,1H3,(H,31,36)(H,32,35);3*1-2H3. The van der Waals surface area contributed by atoms with Crippen LogP contribution in [-0.2, 0) is 16.1 Å². The van der Waals surface area contributed by atoms with Gasteiger partial charge in [-0.3, -0.25) is 14.5 Å². The van der Waals surface area contributed by atoms with E-state index in [9.17, 15) is 9.59 Å². The Bertz CT molecular complexity index is 1190. The van der Waals surface area contributed by atoms with Crippen molar-refractivity contribution in [1.29, 1.82) is 0 Å². The zero-order valence-electron chi connectivity index (χ0n) is 27.4. The van der Waals surface area contributed by atoms with Crippen molar-refractivity contribution in [2.24, 2.45) is 0 Å². The number of thiazole rings is 1. The van der Waals surface area contributed by atoms with Gasteiger partial charge in [-0.05, 0) is 68.5 Å². The van der Waals surface area contributed by atoms with E-state index in [2.05, 4.69) is 26.9 Å². The Morgan fingerprint density at radius 1 is 1.05 bits per heavy atom. The van der Waals surface area contributed by atoms with Crippen LogP contribution in [0.15, 0.2) is 45.8 Å². The van der Waals surface area contributed by atoms with Crippen LogP contribution >= 0.6 is 46.3 Å². The number of carbonyl (C=O) groups excluding carboxylic acids is 2. The molecule has 1 aliphatic heterocycles. The molecular weight excluding hydrogens is 633 g/mol. The van der Waals surface area contributed by atoms with E-state index in [4.69, 9.17) is 28.2 Å². The third kappa shape index (κ3) is 14.5. The first kappa shape index (κ1) is 40.1. The molecule has 246 valence electrons. The molecule has 1 aromatic carbocycles. The number of halogens is 2. The molecule has 0 saturated carbocycles. The maximum Gasteiger partial charge on any atom is 0.238 e. The number of rotatable bonds is 10. The van der Waals surface area contributed by atoms with Crippen LogP contribution in [0.4, 0.5) is 0 Å². The predicted molar refractivity (Wildman–Crippen MR) is 192 cm³/mol. The van der Waals surface area contributed by atoms with Crippen molar-refractivity contribution in [3.05, 3.63) is 62.7 Å². The number of likely N-dealkylation sites (tertiary alicyclic amines) is 1. The first-order chi connectivity index (χ1) is 21.4. The van der Waals surface area contributed by atoms with Crippen LogP contribution < -0.4 is 16.0 Å². The second kappa shape index (κ2) is 23.5. The number of nitrogens with zero attached hydrogens (tertiary/aromatic N) is 2. The number of likely N-dealkylation sites (N-methyl/N-ethyl adjacent to an activating group) is 1. The Labute approximate surface area is 283 Å². The predicted octanol–water partition coefficient (Wildman–Crippen LogP) is 8.19. The van der Waals surface area contributed by atoms with Gasteiger partial charge in [0.25, 0.3) is 0 Å². The smallest absolute Gasteiger partial charge is 0.238 e. The number of amides is 2. The molecule has 4 rings (SSSR count). The molecule has 0 radical (unpaired) electrons. The summed E-state index contributed by atoms with van der Waals surface area (Å²) in [6, 6.07) is 5.96. The summed E-state index contributed by atoms with van der Waals surface area (Å²) in [7, 11) is 1.75. The molecule has 2 amide bonds. The van der Waals surface area contributed by atoms with Crippen LogP contribution in [0.5, 0.6) is 0 Å². The third-order valence-electron chi connectivity index (χ3n) is 6.43. The van der Waals surface area contributed by atoms with E-state index in [-0.39, 0.29) is 24.4 Å². The first-order valence-corrected chi connectivity index (χ1v) is 18.4. The lowest BCUT2D eigenvalue weighted by Gasteiger charge is -2.32. The molecule has 2 aliphatic rings. The molecule has 1 aromatic heterocycles. The molecule has 11 heteroatoms. The summed E-state index contributed by atoms with van der Waals surface area (Å²) in [5.41, 5.74) is 3.96. The van der Waals surface area contributed by atoms with E-state index < -0.39 is 0 Å². The van der Waals surface area contributed by atoms with E-state index in [0.29, 0.717) is 15.8 Å². The molecule has 44 heavy (non-hydrogen) atoms. The average molecular weight is 685 g/mol. The van der Waals surface area contributed by atoms with Gasteiger partial charge >= 0.3 is 0 Å². The topological polar surface area (TPSA) is 86.4 Å². The molecule has 1 aliphatic carbocycles. The number of benzene rings is 1. The quantitative estimate of drug-likeness (QED) is 0.219. The summed E-state index contributed by atoms with van der Waals surface area (Å²) in [6.07, 6.45) is 8.78. The maximum absolute atomic E-state index is 12.6. The SMILES string of the molecule is CC.CC.CC.CNCC(=O)NC1=CC(c2csc(SCC(=O)NC3CCN(Cc4ccc(Cl)c(Cl)c4)CC3)n2)=CCCC1. The second-order valence-corrected chi connectivity index (χ2v) is 12.3. The van der Waals surface area contributed by atoms with Crippen LogP contribution in [0.2, 0.25) is 10.0 Å². The largest absolute Gasteiger partial charge is 0.353 e. The summed E-state index contributed by atoms with van der Waals surface area (Å²) < 4.78 is 0.867. The van der Waals surface area contributed by atoms with Crippen LogP contribution in [0.25, 0.3) is 5.57 Å². The van der Waals surface area contributed by atoms with Gasteiger partial charge in [0.1, 0.15) is 0 Å². The highest BCUT2D eigenvalue weighted by Gasteiger charge is 2.21. The fourth-order valence-electron chi connectivity index (χ4n) is 4.51. The molecule has 0 atom stereocenters. The van der Waals surface area contributed by atoms with E-state index in [1.807, 2.05) is 71.2 Å². The van der Waals surface area contributed by atoms with Gasteiger partial charge in [0, 0.05) is 36.8 Å². The summed E-state index contributed by atoms with van der Waals surface area (Å²) in [6.45, 7) is 15.0. The number of hydrogen-bond acceptors (Lipinski definition) is 7. The Hall–Kier alpha value is -1.88. The summed E-state index contributed by atoms with van der Waals surface area (Å²) in [4.78, 5) is 31.7. The molecular formula is C33H51Cl2N5O2S2. The normalized spacial score (nSPS) is 15.0. The number of allylic oxidation sites excluding steroid dienone is 4. The lowest BCUT2D eigenvalue weighted by atomic mass is 10.0. The molecule has 0 spiro atoms. The minimum absolute atomic E-state index is 0.0396. The minimum Gasteiger partial charge on any atom is -0.353 e. The Kier molecular flexibility index (Phi) is 21.4. The van der Waals surface area contributed by atoms with Crippen LogP contribution in [0.3, 0.4) is 0 Å². The summed E-state index contributed by atoms with van der Waals surface area (Å²) in [5.74, 6) is 0.340. The molecule has 2 aromatic rings. The molecule has 7 nitrogen and oxygen atoms in total. The van der Waals surface area contributed by atoms with Crippen molar-refractivity contribution >= 4 is 63.7 Å². The van der Waals surface area contributed by atoms with E-state index in [1.54, 1.807) is 18.4 Å². The van der Waals surface area contributed by atoms with Crippen molar-refractivity contribution in [2.75, 3.05) is 32.4 Å². The number of piperidine rings is 1. The fraction of sp³-hybridized carbons (Fsp3) is 0.545. The Morgan fingerprint density at radius 3 is 2.41 bits per heavy atom. The minimum atomic E-state index is -0.0438. The van der Waals surface area contributed by atoms with Crippen LogP contribution in [0.1, 0.15) is 84.9 Å². The lowest BCUT2D eigenvalue weighted by Crippen LogP contribution is -2.44. The Morgan fingerprint density at radius 2 is 1.75 bits per heavy atom. The summed E-state index contributed by atoms with van der Waals surface area (Å²) >= 11 is 15.2. The van der Waals surface area contributed by atoms with Crippen molar-refractivity contribution < 1.29 is 9.59 Å². The number of thioether (sulfide) groups is 1. The van der Waals surface area contributed by atoms with Crippen molar-refractivity contribution in [2.45, 2.75) is 90.6 Å². The van der Waals surface area contributed by atoms with Crippen molar-refractivity contribution in [3.63, 3.8) is 0 Å². The highest BCUT2D eigenvalue weighted by molar-refractivity contribution is 8.01. The van der Waals surface area contributed by atoms with Gasteiger partial charge in [-0.15, -0.1) is 11.3 Å².